The van der Waals surface area contributed by atoms with Crippen molar-refractivity contribution in [3.05, 3.63) is 22.3 Å². The Bertz CT molecular complexity index is 303. The quantitative estimate of drug-likeness (QED) is 0.720. The summed E-state index contributed by atoms with van der Waals surface area (Å²) in [6.45, 7) is 1.63. The Morgan fingerprint density at radius 3 is 2.69 bits per heavy atom. The highest BCUT2D eigenvalue weighted by atomic mass is 79.9. The lowest BCUT2D eigenvalue weighted by molar-refractivity contribution is 0.164. The van der Waals surface area contributed by atoms with Gasteiger partial charge in [0.1, 0.15) is 5.82 Å². The number of nitrogens with two attached hydrogens (primary N) is 2. The van der Waals surface area contributed by atoms with E-state index in [2.05, 4.69) is 20.9 Å². The Labute approximate surface area is 85.1 Å². The molecule has 1 aromatic heterocycles. The first-order valence-corrected chi connectivity index (χ1v) is 4.66. The number of aromatic nitrogens is 1. The number of nitrogens with zero attached hydrogens (tertiary/aromatic N) is 1. The molecule has 0 unspecified atom stereocenters. The molecule has 0 aliphatic rings. The summed E-state index contributed by atoms with van der Waals surface area (Å²) in [7, 11) is 0. The average Bonchev–Trinajstić information content (AvgIpc) is 2.08. The van der Waals surface area contributed by atoms with Crippen LogP contribution in [0.2, 0.25) is 0 Å². The summed E-state index contributed by atoms with van der Waals surface area (Å²) in [4.78, 5) is 3.92. The fourth-order valence-electron chi connectivity index (χ4n) is 0.924. The van der Waals surface area contributed by atoms with Crippen molar-refractivity contribution in [1.82, 2.24) is 4.98 Å². The second kappa shape index (κ2) is 4.04. The zero-order chi connectivity index (χ0) is 10.0. The van der Waals surface area contributed by atoms with Crippen LogP contribution in [0.25, 0.3) is 0 Å². The number of aliphatic hydroxyl groups excluding tert-OH is 1. The molecule has 0 aliphatic heterocycles. The van der Waals surface area contributed by atoms with E-state index in [1.54, 1.807) is 19.2 Å². The highest BCUT2D eigenvalue weighted by Gasteiger charge is 2.13. The van der Waals surface area contributed by atoms with Gasteiger partial charge in [0.2, 0.25) is 0 Å². The van der Waals surface area contributed by atoms with E-state index < -0.39 is 12.1 Å². The molecule has 1 rings (SSSR count). The van der Waals surface area contributed by atoms with Crippen molar-refractivity contribution in [2.24, 2.45) is 5.73 Å². The highest BCUT2D eigenvalue weighted by molar-refractivity contribution is 9.10. The summed E-state index contributed by atoms with van der Waals surface area (Å²) >= 11 is 3.24. The van der Waals surface area contributed by atoms with Crippen molar-refractivity contribution in [1.29, 1.82) is 0 Å². The molecule has 0 saturated carbocycles. The number of nitrogen functional groups attached to an aromatic ring is 1. The Kier molecular flexibility index (Phi) is 3.24. The second-order valence-corrected chi connectivity index (χ2v) is 3.76. The maximum absolute atomic E-state index is 9.24. The molecular weight excluding hydrogens is 234 g/mol. The molecule has 0 aromatic carbocycles. The van der Waals surface area contributed by atoms with Crippen molar-refractivity contribution in [3.63, 3.8) is 0 Å². The highest BCUT2D eigenvalue weighted by Crippen LogP contribution is 2.21. The minimum absolute atomic E-state index is 0.418. The first-order chi connectivity index (χ1) is 6.02. The Morgan fingerprint density at radius 1 is 1.62 bits per heavy atom. The molecule has 0 aliphatic carbocycles. The predicted octanol–water partition coefficient (Wildman–Crippen LogP) is 0.807. The third-order valence-electron chi connectivity index (χ3n) is 1.80. The van der Waals surface area contributed by atoms with Gasteiger partial charge in [0.25, 0.3) is 0 Å². The number of aliphatic hydroxyl groups is 1. The predicted molar refractivity (Wildman–Crippen MR) is 55.0 cm³/mol. The zero-order valence-electron chi connectivity index (χ0n) is 7.24. The molecule has 72 valence electrons. The Balaban J connectivity index is 2.97. The van der Waals surface area contributed by atoms with Gasteiger partial charge in [-0.3, -0.25) is 0 Å². The van der Waals surface area contributed by atoms with Gasteiger partial charge in [-0.05, 0) is 34.5 Å². The molecule has 0 amide bonds. The van der Waals surface area contributed by atoms with Crippen LogP contribution in [0.15, 0.2) is 16.7 Å². The van der Waals surface area contributed by atoms with E-state index in [9.17, 15) is 5.11 Å². The smallest absolute Gasteiger partial charge is 0.137 e. The summed E-state index contributed by atoms with van der Waals surface area (Å²) in [5.41, 5.74) is 12.0. The summed E-state index contributed by atoms with van der Waals surface area (Å²) in [5.74, 6) is 0.418. The molecule has 1 heterocycles. The standard InChI is InChI=1S/C8H12BrN3O/c1-4(13)7(10)5-2-6(9)8(11)12-3-5/h2-4,7,13H,10H2,1H3,(H2,11,12)/t4-,7-/m0/s1. The van der Waals surface area contributed by atoms with E-state index in [4.69, 9.17) is 11.5 Å². The molecule has 2 atom stereocenters. The molecule has 5 heteroatoms. The second-order valence-electron chi connectivity index (χ2n) is 2.90. The summed E-state index contributed by atoms with van der Waals surface area (Å²) in [6.07, 6.45) is 0.967. The van der Waals surface area contributed by atoms with Crippen molar-refractivity contribution in [2.45, 2.75) is 19.1 Å². The van der Waals surface area contributed by atoms with Crippen molar-refractivity contribution in [2.75, 3.05) is 5.73 Å². The van der Waals surface area contributed by atoms with E-state index in [0.717, 1.165) is 5.56 Å². The van der Waals surface area contributed by atoms with Crippen LogP contribution in [0.4, 0.5) is 5.82 Å². The topological polar surface area (TPSA) is 85.2 Å². The van der Waals surface area contributed by atoms with Gasteiger partial charge in [0, 0.05) is 6.20 Å². The van der Waals surface area contributed by atoms with Gasteiger partial charge in [0.15, 0.2) is 0 Å². The molecule has 5 N–H and O–H groups in total. The normalized spacial score (nSPS) is 15.4. The van der Waals surface area contributed by atoms with Gasteiger partial charge < -0.3 is 16.6 Å². The Hall–Kier alpha value is -0.650. The molecule has 0 saturated heterocycles. The van der Waals surface area contributed by atoms with Crippen LogP contribution >= 0.6 is 15.9 Å². The van der Waals surface area contributed by atoms with E-state index in [0.29, 0.717) is 10.3 Å². The summed E-state index contributed by atoms with van der Waals surface area (Å²) < 4.78 is 0.695. The zero-order valence-corrected chi connectivity index (χ0v) is 8.82. The van der Waals surface area contributed by atoms with E-state index >= 15 is 0 Å². The van der Waals surface area contributed by atoms with Crippen molar-refractivity contribution in [3.8, 4) is 0 Å². The van der Waals surface area contributed by atoms with Crippen molar-refractivity contribution >= 4 is 21.7 Å². The van der Waals surface area contributed by atoms with Crippen LogP contribution in [0.3, 0.4) is 0 Å². The fourth-order valence-corrected chi connectivity index (χ4v) is 1.29. The van der Waals surface area contributed by atoms with E-state index in [1.807, 2.05) is 0 Å². The maximum Gasteiger partial charge on any atom is 0.137 e. The number of halogens is 1. The van der Waals surface area contributed by atoms with E-state index in [-0.39, 0.29) is 0 Å². The monoisotopic (exact) mass is 245 g/mol. The van der Waals surface area contributed by atoms with E-state index in [1.165, 1.54) is 0 Å². The third-order valence-corrected chi connectivity index (χ3v) is 2.43. The number of hydrogen-bond donors (Lipinski definition) is 3. The van der Waals surface area contributed by atoms with Crippen LogP contribution in [0.5, 0.6) is 0 Å². The molecule has 4 nitrogen and oxygen atoms in total. The number of anilines is 1. The largest absolute Gasteiger partial charge is 0.391 e. The van der Waals surface area contributed by atoms with Gasteiger partial charge in [-0.2, -0.15) is 0 Å². The molecule has 0 radical (unpaired) electrons. The minimum atomic E-state index is -0.600. The Morgan fingerprint density at radius 2 is 2.23 bits per heavy atom. The SMILES string of the molecule is C[C@H](O)[C@H](N)c1cnc(N)c(Br)c1. The third kappa shape index (κ3) is 2.40. The van der Waals surface area contributed by atoms with Crippen LogP contribution in [0.1, 0.15) is 18.5 Å². The van der Waals surface area contributed by atoms with Gasteiger partial charge in [-0.15, -0.1) is 0 Å². The number of rotatable bonds is 2. The summed E-state index contributed by atoms with van der Waals surface area (Å²) in [5, 5.41) is 9.24. The molecule has 0 fully saturated rings. The van der Waals surface area contributed by atoms with Crippen LogP contribution in [-0.2, 0) is 0 Å². The number of pyridine rings is 1. The first kappa shape index (κ1) is 10.4. The molecule has 1 aromatic rings. The van der Waals surface area contributed by atoms with Crippen LogP contribution < -0.4 is 11.5 Å². The van der Waals surface area contributed by atoms with Gasteiger partial charge in [-0.1, -0.05) is 0 Å². The van der Waals surface area contributed by atoms with Gasteiger partial charge in [-0.25, -0.2) is 4.98 Å². The molecular formula is C8H12BrN3O. The molecule has 0 spiro atoms. The van der Waals surface area contributed by atoms with Crippen molar-refractivity contribution < 1.29 is 5.11 Å². The van der Waals surface area contributed by atoms with Gasteiger partial charge >= 0.3 is 0 Å². The van der Waals surface area contributed by atoms with Crippen LogP contribution in [-0.4, -0.2) is 16.2 Å². The first-order valence-electron chi connectivity index (χ1n) is 3.87. The lowest BCUT2D eigenvalue weighted by Gasteiger charge is -2.14. The molecule has 0 bridgehead atoms. The fraction of sp³-hybridized carbons (Fsp3) is 0.375. The summed E-state index contributed by atoms with van der Waals surface area (Å²) in [6, 6.07) is 1.34. The number of hydrogen-bond acceptors (Lipinski definition) is 4. The average molecular weight is 246 g/mol. The maximum atomic E-state index is 9.24. The van der Waals surface area contributed by atoms with Gasteiger partial charge in [0.05, 0.1) is 16.6 Å². The lowest BCUT2D eigenvalue weighted by Crippen LogP contribution is -2.23. The lowest BCUT2D eigenvalue weighted by atomic mass is 10.1. The molecule has 13 heavy (non-hydrogen) atoms. The minimum Gasteiger partial charge on any atom is -0.391 e. The van der Waals surface area contributed by atoms with Crippen LogP contribution in [0, 0.1) is 0 Å².